The van der Waals surface area contributed by atoms with Crippen molar-refractivity contribution < 1.29 is 13.9 Å². The first kappa shape index (κ1) is 23.9. The van der Waals surface area contributed by atoms with Gasteiger partial charge >= 0.3 is 0 Å². The van der Waals surface area contributed by atoms with E-state index in [9.17, 15) is 19.1 Å². The minimum atomic E-state index is -0.421. The van der Waals surface area contributed by atoms with E-state index in [4.69, 9.17) is 4.42 Å². The molecule has 194 valence electrons. The van der Waals surface area contributed by atoms with Crippen LogP contribution in [0.5, 0.6) is 5.75 Å². The summed E-state index contributed by atoms with van der Waals surface area (Å²) in [5.74, 6) is 0.934. The van der Waals surface area contributed by atoms with E-state index in [0.717, 1.165) is 63.6 Å². The normalized spacial score (nSPS) is 22.1. The van der Waals surface area contributed by atoms with E-state index in [1.807, 2.05) is 16.7 Å². The van der Waals surface area contributed by atoms with Crippen LogP contribution in [-0.4, -0.2) is 58.7 Å². The Balaban J connectivity index is 1.12. The Labute approximate surface area is 214 Å². The summed E-state index contributed by atoms with van der Waals surface area (Å²) in [5.41, 5.74) is 1.71. The van der Waals surface area contributed by atoms with Gasteiger partial charge in [0.2, 0.25) is 11.2 Å². The molecular weight excluding hydrogens is 475 g/mol. The van der Waals surface area contributed by atoms with Gasteiger partial charge in [0.1, 0.15) is 11.6 Å². The molecule has 37 heavy (non-hydrogen) atoms. The molecule has 1 aromatic carbocycles. The van der Waals surface area contributed by atoms with Crippen molar-refractivity contribution >= 4 is 5.69 Å². The van der Waals surface area contributed by atoms with Crippen LogP contribution in [0.4, 0.5) is 10.1 Å². The third-order valence-electron chi connectivity index (χ3n) is 7.91. The van der Waals surface area contributed by atoms with Gasteiger partial charge in [0.15, 0.2) is 5.76 Å². The van der Waals surface area contributed by atoms with Crippen LogP contribution in [0.25, 0.3) is 0 Å². The van der Waals surface area contributed by atoms with Crippen LogP contribution in [0.3, 0.4) is 0 Å². The van der Waals surface area contributed by atoms with Gasteiger partial charge in [-0.1, -0.05) is 6.07 Å². The zero-order valence-corrected chi connectivity index (χ0v) is 20.7. The van der Waals surface area contributed by atoms with E-state index < -0.39 is 5.43 Å². The molecule has 5 heterocycles. The number of rotatable bonds is 5. The van der Waals surface area contributed by atoms with Crippen LogP contribution < -0.4 is 15.9 Å². The summed E-state index contributed by atoms with van der Waals surface area (Å²) in [6.07, 6.45) is 1.06. The Morgan fingerprint density at radius 3 is 2.49 bits per heavy atom. The summed E-state index contributed by atoms with van der Waals surface area (Å²) in [6, 6.07) is 13.4. The van der Waals surface area contributed by atoms with Crippen molar-refractivity contribution in [3.05, 3.63) is 92.1 Å². The van der Waals surface area contributed by atoms with Gasteiger partial charge in [-0.15, -0.1) is 0 Å². The Bertz CT molecular complexity index is 1390. The van der Waals surface area contributed by atoms with Crippen LogP contribution in [-0.2, 0) is 19.6 Å². The monoisotopic (exact) mass is 506 g/mol. The minimum Gasteiger partial charge on any atom is -0.502 e. The molecule has 2 unspecified atom stereocenters. The lowest BCUT2D eigenvalue weighted by Gasteiger charge is -2.42. The maximum atomic E-state index is 13.2. The summed E-state index contributed by atoms with van der Waals surface area (Å²) in [5, 5.41) is 10.5. The van der Waals surface area contributed by atoms with Gasteiger partial charge < -0.3 is 19.0 Å². The van der Waals surface area contributed by atoms with Crippen molar-refractivity contribution in [2.75, 3.05) is 44.2 Å². The average Bonchev–Trinajstić information content (AvgIpc) is 2.89. The number of hydrogen-bond acceptors (Lipinski definition) is 7. The highest BCUT2D eigenvalue weighted by molar-refractivity contribution is 5.46. The van der Waals surface area contributed by atoms with E-state index in [0.29, 0.717) is 30.5 Å². The van der Waals surface area contributed by atoms with Gasteiger partial charge in [0, 0.05) is 75.2 Å². The summed E-state index contributed by atoms with van der Waals surface area (Å²) >= 11 is 0. The van der Waals surface area contributed by atoms with E-state index in [2.05, 4.69) is 14.7 Å². The molecule has 0 amide bonds. The Hall–Kier alpha value is -3.43. The van der Waals surface area contributed by atoms with Crippen molar-refractivity contribution in [2.24, 2.45) is 5.92 Å². The molecule has 2 bridgehead atoms. The molecule has 8 nitrogen and oxygen atoms in total. The maximum absolute atomic E-state index is 13.2. The number of likely N-dealkylation sites (tertiary alicyclic amines) is 1. The number of benzene rings is 1. The number of piperazine rings is 1. The fraction of sp³-hybridized carbons (Fsp3) is 0.429. The van der Waals surface area contributed by atoms with Gasteiger partial charge in [-0.05, 0) is 42.7 Å². The van der Waals surface area contributed by atoms with E-state index in [-0.39, 0.29) is 23.0 Å². The zero-order valence-electron chi connectivity index (χ0n) is 20.7. The third-order valence-corrected chi connectivity index (χ3v) is 7.91. The zero-order chi connectivity index (χ0) is 25.5. The highest BCUT2D eigenvalue weighted by atomic mass is 19.1. The summed E-state index contributed by atoms with van der Waals surface area (Å²) in [7, 11) is 0. The van der Waals surface area contributed by atoms with Crippen LogP contribution in [0.2, 0.25) is 0 Å². The number of aromatic nitrogens is 1. The first-order chi connectivity index (χ1) is 17.9. The molecule has 2 atom stereocenters. The van der Waals surface area contributed by atoms with Gasteiger partial charge in [-0.25, -0.2) is 4.39 Å². The highest BCUT2D eigenvalue weighted by Gasteiger charge is 2.34. The molecule has 0 radical (unpaired) electrons. The smallest absolute Gasteiger partial charge is 0.250 e. The number of anilines is 1. The maximum Gasteiger partial charge on any atom is 0.250 e. The van der Waals surface area contributed by atoms with E-state index in [1.54, 1.807) is 18.2 Å². The van der Waals surface area contributed by atoms with Gasteiger partial charge in [-0.2, -0.15) is 0 Å². The number of nitrogens with zero attached hydrogens (tertiary/aromatic N) is 4. The molecule has 0 spiro atoms. The molecule has 3 aromatic rings. The first-order valence-electron chi connectivity index (χ1n) is 12.9. The Kier molecular flexibility index (Phi) is 6.34. The quantitative estimate of drug-likeness (QED) is 0.570. The highest BCUT2D eigenvalue weighted by Crippen LogP contribution is 2.35. The second-order valence-electron chi connectivity index (χ2n) is 10.5. The van der Waals surface area contributed by atoms with Crippen LogP contribution in [0.1, 0.15) is 29.6 Å². The van der Waals surface area contributed by atoms with Crippen molar-refractivity contribution in [3.63, 3.8) is 0 Å². The topological polar surface area (TPSA) is 82.2 Å². The van der Waals surface area contributed by atoms with Crippen LogP contribution >= 0.6 is 0 Å². The standard InChI is InChI=1S/C28H31FN4O4/c29-21-4-6-22(7-5-21)32-10-8-30(9-11-32)18-26-28(36)25(34)13-23(37-26)17-31-14-19-12-20(16-31)24-2-1-3-27(35)33(24)15-19/h1-7,13,19-20,36H,8-12,14-18H2. The van der Waals surface area contributed by atoms with Crippen molar-refractivity contribution in [1.29, 1.82) is 0 Å². The number of halogens is 1. The molecule has 2 fully saturated rings. The molecule has 1 N–H and O–H groups in total. The molecule has 2 aromatic heterocycles. The summed E-state index contributed by atoms with van der Waals surface area (Å²) in [6.45, 7) is 6.19. The van der Waals surface area contributed by atoms with E-state index in [1.165, 1.54) is 18.2 Å². The summed E-state index contributed by atoms with van der Waals surface area (Å²) in [4.78, 5) is 31.5. The predicted molar refractivity (Wildman–Crippen MR) is 137 cm³/mol. The molecule has 3 aliphatic heterocycles. The number of fused-ring (bicyclic) bond motifs is 4. The number of aromatic hydroxyl groups is 1. The van der Waals surface area contributed by atoms with Gasteiger partial charge in [-0.3, -0.25) is 19.4 Å². The Morgan fingerprint density at radius 2 is 1.70 bits per heavy atom. The fourth-order valence-corrected chi connectivity index (χ4v) is 6.14. The Morgan fingerprint density at radius 1 is 0.919 bits per heavy atom. The number of hydrogen-bond donors (Lipinski definition) is 1. The molecular formula is C28H31FN4O4. The second kappa shape index (κ2) is 9.79. The lowest BCUT2D eigenvalue weighted by molar-refractivity contribution is 0.105. The van der Waals surface area contributed by atoms with E-state index >= 15 is 0 Å². The van der Waals surface area contributed by atoms with Gasteiger partial charge in [0.25, 0.3) is 5.56 Å². The van der Waals surface area contributed by atoms with Crippen LogP contribution in [0, 0.1) is 11.7 Å². The van der Waals surface area contributed by atoms with Gasteiger partial charge in [0.05, 0.1) is 13.1 Å². The molecule has 9 heteroatoms. The SMILES string of the molecule is O=c1cc(CN2CC3CC(C2)c2cccc(=O)n2C3)oc(CN2CCN(c3ccc(F)cc3)CC2)c1O. The lowest BCUT2D eigenvalue weighted by Crippen LogP contribution is -2.46. The molecule has 0 saturated carbocycles. The van der Waals surface area contributed by atoms with Crippen molar-refractivity contribution in [1.82, 2.24) is 14.4 Å². The first-order valence-corrected chi connectivity index (χ1v) is 12.9. The lowest BCUT2D eigenvalue weighted by atomic mass is 9.83. The summed E-state index contributed by atoms with van der Waals surface area (Å²) < 4.78 is 21.2. The van der Waals surface area contributed by atoms with Crippen molar-refractivity contribution in [2.45, 2.75) is 32.0 Å². The third kappa shape index (κ3) is 4.93. The minimum absolute atomic E-state index is 0.0633. The predicted octanol–water partition coefficient (Wildman–Crippen LogP) is 2.59. The molecule has 2 saturated heterocycles. The average molecular weight is 507 g/mol. The number of piperidine rings is 1. The number of pyridine rings is 1. The molecule has 6 rings (SSSR count). The largest absolute Gasteiger partial charge is 0.502 e. The molecule has 0 aliphatic carbocycles. The molecule has 3 aliphatic rings. The second-order valence-corrected chi connectivity index (χ2v) is 10.5. The van der Waals surface area contributed by atoms with Crippen LogP contribution in [0.15, 0.2) is 62.5 Å². The fourth-order valence-electron chi connectivity index (χ4n) is 6.14. The van der Waals surface area contributed by atoms with Crippen molar-refractivity contribution in [3.8, 4) is 5.75 Å².